The predicted octanol–water partition coefficient (Wildman–Crippen LogP) is 6.67. The maximum atomic E-state index is 13.4. The molecule has 1 fully saturated rings. The quantitative estimate of drug-likeness (QED) is 0.112. The Bertz CT molecular complexity index is 1330. The van der Waals surface area contributed by atoms with Gasteiger partial charge in [0.05, 0.1) is 31.9 Å². The molecule has 1 unspecified atom stereocenters. The Labute approximate surface area is 236 Å². The van der Waals surface area contributed by atoms with Gasteiger partial charge >= 0.3 is 0 Å². The Hall–Kier alpha value is -4.26. The zero-order chi connectivity index (χ0) is 28.5. The summed E-state index contributed by atoms with van der Waals surface area (Å²) in [6.45, 7) is 5.50. The van der Waals surface area contributed by atoms with Gasteiger partial charge in [-0.3, -0.25) is 9.59 Å². The topological polar surface area (TPSA) is 85.3 Å². The second-order valence-corrected chi connectivity index (χ2v) is 9.75. The van der Waals surface area contributed by atoms with E-state index in [4.69, 9.17) is 14.2 Å². The molecule has 1 N–H and O–H groups in total. The number of ketones is 1. The number of aliphatic hydroxyl groups excluding tert-OH is 1. The summed E-state index contributed by atoms with van der Waals surface area (Å²) in [4.78, 5) is 28.3. The molecule has 3 aromatic carbocycles. The van der Waals surface area contributed by atoms with Crippen molar-refractivity contribution < 1.29 is 28.9 Å². The molecule has 0 aliphatic carbocycles. The summed E-state index contributed by atoms with van der Waals surface area (Å²) in [7, 11) is 1.56. The van der Waals surface area contributed by atoms with Crippen molar-refractivity contribution in [1.82, 2.24) is 4.90 Å². The third-order valence-corrected chi connectivity index (χ3v) is 6.85. The highest BCUT2D eigenvalue weighted by Crippen LogP contribution is 2.42. The third kappa shape index (κ3) is 6.47. The molecule has 1 aliphatic rings. The molecular formula is C33H37NO6. The van der Waals surface area contributed by atoms with Crippen molar-refractivity contribution in [2.75, 3.05) is 20.3 Å². The average molecular weight is 544 g/mol. The predicted molar refractivity (Wildman–Crippen MR) is 155 cm³/mol. The van der Waals surface area contributed by atoms with E-state index in [0.717, 1.165) is 31.2 Å². The molecule has 210 valence electrons. The van der Waals surface area contributed by atoms with E-state index in [2.05, 4.69) is 6.92 Å². The first-order valence-corrected chi connectivity index (χ1v) is 13.8. The van der Waals surface area contributed by atoms with E-state index in [1.165, 1.54) is 4.90 Å². The number of likely N-dealkylation sites (tertiary alicyclic amines) is 1. The fourth-order valence-electron chi connectivity index (χ4n) is 4.76. The molecule has 1 amide bonds. The van der Waals surface area contributed by atoms with Crippen LogP contribution in [-0.4, -0.2) is 42.0 Å². The van der Waals surface area contributed by atoms with Crippen molar-refractivity contribution >= 4 is 17.4 Å². The number of carbonyl (C=O) groups excluding carboxylic acids is 2. The molecular weight excluding hydrogens is 506 g/mol. The van der Waals surface area contributed by atoms with E-state index < -0.39 is 17.7 Å². The normalized spacial score (nSPS) is 16.3. The number of benzene rings is 3. The zero-order valence-electron chi connectivity index (χ0n) is 23.4. The second kappa shape index (κ2) is 13.7. The molecule has 7 heteroatoms. The van der Waals surface area contributed by atoms with E-state index in [9.17, 15) is 14.7 Å². The minimum atomic E-state index is -0.820. The van der Waals surface area contributed by atoms with Crippen LogP contribution in [0.5, 0.6) is 17.2 Å². The maximum Gasteiger partial charge on any atom is 0.295 e. The van der Waals surface area contributed by atoms with Crippen molar-refractivity contribution in [2.24, 2.45) is 0 Å². The van der Waals surface area contributed by atoms with Crippen LogP contribution in [0.25, 0.3) is 5.76 Å². The first-order chi connectivity index (χ1) is 19.5. The number of amides is 1. The first kappa shape index (κ1) is 28.7. The number of carbonyl (C=O) groups is 2. The molecule has 1 heterocycles. The van der Waals surface area contributed by atoms with Gasteiger partial charge < -0.3 is 24.2 Å². The molecule has 0 spiro atoms. The van der Waals surface area contributed by atoms with Gasteiger partial charge in [-0.05, 0) is 60.4 Å². The summed E-state index contributed by atoms with van der Waals surface area (Å²) >= 11 is 0. The molecule has 40 heavy (non-hydrogen) atoms. The number of hydrogen-bond acceptors (Lipinski definition) is 6. The lowest BCUT2D eigenvalue weighted by molar-refractivity contribution is -0.140. The molecule has 0 bridgehead atoms. The van der Waals surface area contributed by atoms with Gasteiger partial charge in [0.25, 0.3) is 11.7 Å². The monoisotopic (exact) mass is 543 g/mol. The lowest BCUT2D eigenvalue weighted by Crippen LogP contribution is -2.29. The summed E-state index contributed by atoms with van der Waals surface area (Å²) in [6, 6.07) is 20.9. The lowest BCUT2D eigenvalue weighted by atomic mass is 9.94. The highest BCUT2D eigenvalue weighted by molar-refractivity contribution is 6.46. The van der Waals surface area contributed by atoms with Crippen LogP contribution >= 0.6 is 0 Å². The number of ether oxygens (including phenoxy) is 3. The molecule has 4 rings (SSSR count). The number of nitrogens with zero attached hydrogens (tertiary/aromatic N) is 1. The van der Waals surface area contributed by atoms with E-state index in [1.54, 1.807) is 43.5 Å². The molecule has 0 radical (unpaired) electrons. The second-order valence-electron chi connectivity index (χ2n) is 9.75. The number of rotatable bonds is 13. The van der Waals surface area contributed by atoms with Gasteiger partial charge in [-0.2, -0.15) is 0 Å². The van der Waals surface area contributed by atoms with Crippen molar-refractivity contribution in [3.8, 4) is 17.2 Å². The number of methoxy groups -OCH3 is 1. The number of hydrogen-bond donors (Lipinski definition) is 1. The van der Waals surface area contributed by atoms with Crippen molar-refractivity contribution in [3.05, 3.63) is 95.1 Å². The van der Waals surface area contributed by atoms with Crippen molar-refractivity contribution in [2.45, 2.75) is 52.1 Å². The fraction of sp³-hybridized carbons (Fsp3) is 0.333. The molecule has 0 saturated carbocycles. The van der Waals surface area contributed by atoms with Crippen molar-refractivity contribution in [1.29, 1.82) is 0 Å². The van der Waals surface area contributed by atoms with Gasteiger partial charge in [-0.1, -0.05) is 63.1 Å². The Kier molecular flexibility index (Phi) is 9.84. The fourth-order valence-corrected chi connectivity index (χ4v) is 4.76. The summed E-state index contributed by atoms with van der Waals surface area (Å²) in [5, 5.41) is 11.4. The number of aliphatic hydroxyl groups is 1. The van der Waals surface area contributed by atoms with Crippen LogP contribution in [0.1, 0.15) is 62.3 Å². The minimum absolute atomic E-state index is 0.0295. The summed E-state index contributed by atoms with van der Waals surface area (Å²) < 4.78 is 17.2. The Morgan fingerprint density at radius 1 is 0.850 bits per heavy atom. The Balaban J connectivity index is 1.76. The van der Waals surface area contributed by atoms with Crippen LogP contribution in [0.2, 0.25) is 0 Å². The van der Waals surface area contributed by atoms with Crippen LogP contribution in [-0.2, 0) is 16.1 Å². The smallest absolute Gasteiger partial charge is 0.295 e. The third-order valence-electron chi connectivity index (χ3n) is 6.85. The first-order valence-electron chi connectivity index (χ1n) is 13.8. The standard InChI is InChI=1S/C33H37NO6/c1-4-6-10-20-40-27-18-15-25(21-28(27)38-3)30-29(31(35)24-13-16-26(17-14-24)39-19-5-2)32(36)33(37)34(30)22-23-11-8-7-9-12-23/h7-9,11-18,21,30,35H,4-6,10,19-20,22H2,1-3H3. The van der Waals surface area contributed by atoms with Gasteiger partial charge in [-0.15, -0.1) is 0 Å². The van der Waals surface area contributed by atoms with Gasteiger partial charge in [0, 0.05) is 12.1 Å². The molecule has 1 aliphatic heterocycles. The molecule has 0 aromatic heterocycles. The lowest BCUT2D eigenvalue weighted by Gasteiger charge is -2.26. The average Bonchev–Trinajstić information content (AvgIpc) is 3.23. The van der Waals surface area contributed by atoms with E-state index in [0.29, 0.717) is 41.6 Å². The Morgan fingerprint density at radius 2 is 1.60 bits per heavy atom. The molecule has 7 nitrogen and oxygen atoms in total. The molecule has 1 atom stereocenters. The SMILES string of the molecule is CCCCCOc1ccc(C2C(=C(O)c3ccc(OCCC)cc3)C(=O)C(=O)N2Cc2ccccc2)cc1OC. The van der Waals surface area contributed by atoms with Crippen molar-refractivity contribution in [3.63, 3.8) is 0 Å². The van der Waals surface area contributed by atoms with E-state index in [-0.39, 0.29) is 17.9 Å². The van der Waals surface area contributed by atoms with Crippen LogP contribution in [0, 0.1) is 0 Å². The largest absolute Gasteiger partial charge is 0.507 e. The van der Waals surface area contributed by atoms with Crippen LogP contribution < -0.4 is 14.2 Å². The van der Waals surface area contributed by atoms with E-state index >= 15 is 0 Å². The summed E-state index contributed by atoms with van der Waals surface area (Å²) in [5.41, 5.74) is 1.96. The van der Waals surface area contributed by atoms with Crippen LogP contribution in [0.15, 0.2) is 78.4 Å². The van der Waals surface area contributed by atoms with Gasteiger partial charge in [0.15, 0.2) is 11.5 Å². The minimum Gasteiger partial charge on any atom is -0.507 e. The Morgan fingerprint density at radius 3 is 2.27 bits per heavy atom. The molecule has 1 saturated heterocycles. The summed E-state index contributed by atoms with van der Waals surface area (Å²) in [5.74, 6) is 0.112. The van der Waals surface area contributed by atoms with E-state index in [1.807, 2.05) is 43.3 Å². The van der Waals surface area contributed by atoms with Crippen LogP contribution in [0.4, 0.5) is 0 Å². The molecule has 3 aromatic rings. The van der Waals surface area contributed by atoms with Gasteiger partial charge in [-0.25, -0.2) is 0 Å². The maximum absolute atomic E-state index is 13.4. The van der Waals surface area contributed by atoms with Gasteiger partial charge in [0.2, 0.25) is 0 Å². The highest BCUT2D eigenvalue weighted by atomic mass is 16.5. The summed E-state index contributed by atoms with van der Waals surface area (Å²) in [6.07, 6.45) is 3.97. The number of Topliss-reactive ketones (excluding diaryl/α,β-unsaturated/α-hetero) is 1. The highest BCUT2D eigenvalue weighted by Gasteiger charge is 2.46. The van der Waals surface area contributed by atoms with Gasteiger partial charge in [0.1, 0.15) is 11.5 Å². The van der Waals surface area contributed by atoms with Crippen LogP contribution in [0.3, 0.4) is 0 Å². The zero-order valence-corrected chi connectivity index (χ0v) is 23.4. The number of unbranched alkanes of at least 4 members (excludes halogenated alkanes) is 2.